The van der Waals surface area contributed by atoms with Gasteiger partial charge in [0, 0.05) is 37.5 Å². The largest absolute Gasteiger partial charge is 0.493 e. The average Bonchev–Trinajstić information content (AvgIpc) is 2.53. The monoisotopic (exact) mass is 317 g/mol. The third-order valence-electron chi connectivity index (χ3n) is 5.08. The fourth-order valence-corrected chi connectivity index (χ4v) is 4.05. The van der Waals surface area contributed by atoms with E-state index >= 15 is 0 Å². The van der Waals surface area contributed by atoms with Gasteiger partial charge >= 0.3 is 0 Å². The number of rotatable bonds is 4. The van der Waals surface area contributed by atoms with Crippen molar-refractivity contribution >= 4 is 5.78 Å². The van der Waals surface area contributed by atoms with Gasteiger partial charge in [0.1, 0.15) is 5.78 Å². The van der Waals surface area contributed by atoms with E-state index < -0.39 is 0 Å². The van der Waals surface area contributed by atoms with Crippen LogP contribution in [0.5, 0.6) is 11.5 Å². The fraction of sp³-hybridized carbons (Fsp3) is 0.632. The number of methoxy groups -OCH3 is 2. The summed E-state index contributed by atoms with van der Waals surface area (Å²) in [6.07, 6.45) is 3.33. The first kappa shape index (κ1) is 16.3. The summed E-state index contributed by atoms with van der Waals surface area (Å²) in [5, 5.41) is 0. The lowest BCUT2D eigenvalue weighted by atomic mass is 9.82. The molecule has 0 spiro atoms. The van der Waals surface area contributed by atoms with Crippen molar-refractivity contribution in [1.29, 1.82) is 0 Å². The van der Waals surface area contributed by atoms with Gasteiger partial charge in [-0.15, -0.1) is 0 Å². The first-order chi connectivity index (χ1) is 11.0. The molecule has 1 saturated heterocycles. The van der Waals surface area contributed by atoms with E-state index in [1.54, 1.807) is 14.2 Å². The van der Waals surface area contributed by atoms with Gasteiger partial charge in [-0.05, 0) is 36.0 Å². The smallest absolute Gasteiger partial charge is 0.164 e. The molecular weight excluding hydrogens is 290 g/mol. The lowest BCUT2D eigenvalue weighted by Crippen LogP contribution is -2.42. The molecule has 0 aromatic heterocycles. The first-order valence-corrected chi connectivity index (χ1v) is 8.57. The Balaban J connectivity index is 2.13. The minimum absolute atomic E-state index is 0.214. The summed E-state index contributed by atoms with van der Waals surface area (Å²) in [6, 6.07) is 2.32. The molecule has 2 aliphatic heterocycles. The Bertz CT molecular complexity index is 609. The maximum atomic E-state index is 12.0. The molecule has 4 heteroatoms. The Kier molecular flexibility index (Phi) is 4.62. The van der Waals surface area contributed by atoms with E-state index in [0.29, 0.717) is 24.5 Å². The van der Waals surface area contributed by atoms with Gasteiger partial charge in [0.2, 0.25) is 0 Å². The summed E-state index contributed by atoms with van der Waals surface area (Å²) in [6.45, 7) is 6.37. The number of nitrogens with zero attached hydrogens (tertiary/aromatic N) is 1. The van der Waals surface area contributed by atoms with Gasteiger partial charge < -0.3 is 9.47 Å². The van der Waals surface area contributed by atoms with Gasteiger partial charge in [0.25, 0.3) is 0 Å². The van der Waals surface area contributed by atoms with Crippen LogP contribution in [0.1, 0.15) is 49.4 Å². The number of carbonyl (C=O) groups is 1. The molecule has 23 heavy (non-hydrogen) atoms. The molecule has 1 aromatic carbocycles. The second kappa shape index (κ2) is 6.52. The normalized spacial score (nSPS) is 21.1. The Morgan fingerprint density at radius 3 is 2.61 bits per heavy atom. The number of benzene rings is 1. The van der Waals surface area contributed by atoms with Crippen LogP contribution in [-0.2, 0) is 17.6 Å². The number of fused-ring (bicyclic) bond motifs is 3. The molecule has 1 fully saturated rings. The van der Waals surface area contributed by atoms with Crippen molar-refractivity contribution < 1.29 is 14.3 Å². The summed E-state index contributed by atoms with van der Waals surface area (Å²) in [4.78, 5) is 14.4. The second-order valence-corrected chi connectivity index (χ2v) is 7.05. The van der Waals surface area contributed by atoms with Crippen molar-refractivity contribution in [3.63, 3.8) is 0 Å². The van der Waals surface area contributed by atoms with E-state index in [1.165, 1.54) is 16.7 Å². The summed E-state index contributed by atoms with van der Waals surface area (Å²) in [7, 11) is 3.41. The molecule has 0 bridgehead atoms. The summed E-state index contributed by atoms with van der Waals surface area (Å²) >= 11 is 0. The lowest BCUT2D eigenvalue weighted by Gasteiger charge is -2.41. The van der Waals surface area contributed by atoms with Gasteiger partial charge in [0.05, 0.1) is 14.2 Å². The number of carbonyl (C=O) groups excluding carboxylic acids is 1. The molecule has 0 amide bonds. The molecule has 0 aliphatic carbocycles. The highest BCUT2D eigenvalue weighted by Crippen LogP contribution is 2.44. The molecule has 1 atom stereocenters. The van der Waals surface area contributed by atoms with Crippen molar-refractivity contribution in [2.75, 3.05) is 27.3 Å². The lowest BCUT2D eigenvalue weighted by molar-refractivity contribution is -0.123. The minimum atomic E-state index is 0.214. The number of Topliss-reactive ketones (excluding diaryl/α,β-unsaturated/α-hetero) is 1. The average molecular weight is 317 g/mol. The van der Waals surface area contributed by atoms with Crippen molar-refractivity contribution in [3.05, 3.63) is 22.8 Å². The molecule has 126 valence electrons. The van der Waals surface area contributed by atoms with Gasteiger partial charge in [-0.25, -0.2) is 0 Å². The van der Waals surface area contributed by atoms with Crippen LogP contribution in [0.25, 0.3) is 0 Å². The van der Waals surface area contributed by atoms with E-state index in [-0.39, 0.29) is 6.04 Å². The zero-order valence-corrected chi connectivity index (χ0v) is 14.6. The predicted molar refractivity (Wildman–Crippen MR) is 90.3 cm³/mol. The van der Waals surface area contributed by atoms with Crippen molar-refractivity contribution in [2.24, 2.45) is 5.92 Å². The number of piperidine rings is 1. The first-order valence-electron chi connectivity index (χ1n) is 8.57. The highest BCUT2D eigenvalue weighted by Gasteiger charge is 2.35. The van der Waals surface area contributed by atoms with E-state index in [1.807, 2.05) is 0 Å². The molecule has 1 unspecified atom stereocenters. The number of hydrogen-bond donors (Lipinski definition) is 0. The van der Waals surface area contributed by atoms with Crippen molar-refractivity contribution in [2.45, 2.75) is 45.6 Å². The Hall–Kier alpha value is -1.55. The van der Waals surface area contributed by atoms with Crippen LogP contribution in [0.2, 0.25) is 0 Å². The second-order valence-electron chi connectivity index (χ2n) is 7.05. The molecule has 0 radical (unpaired) electrons. The topological polar surface area (TPSA) is 38.8 Å². The van der Waals surface area contributed by atoms with Crippen LogP contribution in [0.15, 0.2) is 6.07 Å². The fourth-order valence-electron chi connectivity index (χ4n) is 4.05. The molecule has 0 N–H and O–H groups in total. The zero-order chi connectivity index (χ0) is 16.6. The third-order valence-corrected chi connectivity index (χ3v) is 5.08. The Morgan fingerprint density at radius 1 is 1.22 bits per heavy atom. The number of ether oxygens (including phenoxy) is 2. The third kappa shape index (κ3) is 2.97. The zero-order valence-electron chi connectivity index (χ0n) is 14.6. The van der Waals surface area contributed by atoms with Crippen LogP contribution >= 0.6 is 0 Å². The van der Waals surface area contributed by atoms with E-state index in [0.717, 1.165) is 37.4 Å². The van der Waals surface area contributed by atoms with Gasteiger partial charge in [-0.3, -0.25) is 9.69 Å². The molecule has 0 saturated carbocycles. The van der Waals surface area contributed by atoms with Gasteiger partial charge in [0.15, 0.2) is 11.5 Å². The van der Waals surface area contributed by atoms with Crippen molar-refractivity contribution in [1.82, 2.24) is 4.90 Å². The van der Waals surface area contributed by atoms with Crippen LogP contribution in [0.4, 0.5) is 0 Å². The maximum Gasteiger partial charge on any atom is 0.164 e. The summed E-state index contributed by atoms with van der Waals surface area (Å²) < 4.78 is 11.3. The molecule has 3 rings (SSSR count). The van der Waals surface area contributed by atoms with E-state index in [4.69, 9.17) is 9.47 Å². The molecule has 1 aromatic rings. The molecule has 4 nitrogen and oxygen atoms in total. The molecular formula is C19H27NO3. The highest BCUT2D eigenvalue weighted by molar-refractivity contribution is 5.80. The maximum absolute atomic E-state index is 12.0. The molecule has 2 heterocycles. The van der Waals surface area contributed by atoms with Crippen LogP contribution in [0, 0.1) is 5.92 Å². The summed E-state index contributed by atoms with van der Waals surface area (Å²) in [5.41, 5.74) is 3.93. The Morgan fingerprint density at radius 2 is 1.96 bits per heavy atom. The SMILES string of the molecule is COc1cc2c(c(CC(C)C)c1OC)CCN1CCC(=O)CC21. The molecule has 2 aliphatic rings. The standard InChI is InChI=1S/C19H27NO3/c1-12(2)9-16-14-6-8-20-7-5-13(21)10-17(20)15(14)11-18(22-3)19(16)23-4/h11-12,17H,5-10H2,1-4H3. The van der Waals surface area contributed by atoms with Crippen LogP contribution < -0.4 is 9.47 Å². The minimum Gasteiger partial charge on any atom is -0.493 e. The predicted octanol–water partition coefficient (Wildman–Crippen LogP) is 3.16. The van der Waals surface area contributed by atoms with Crippen LogP contribution in [-0.4, -0.2) is 38.0 Å². The number of ketones is 1. The Labute approximate surface area is 138 Å². The highest BCUT2D eigenvalue weighted by atomic mass is 16.5. The number of hydrogen-bond acceptors (Lipinski definition) is 4. The van der Waals surface area contributed by atoms with E-state index in [9.17, 15) is 4.79 Å². The quantitative estimate of drug-likeness (QED) is 0.855. The summed E-state index contributed by atoms with van der Waals surface area (Å²) in [5.74, 6) is 2.59. The van der Waals surface area contributed by atoms with Crippen LogP contribution in [0.3, 0.4) is 0 Å². The van der Waals surface area contributed by atoms with Gasteiger partial charge in [-0.2, -0.15) is 0 Å². The van der Waals surface area contributed by atoms with E-state index in [2.05, 4.69) is 24.8 Å². The van der Waals surface area contributed by atoms with Gasteiger partial charge in [-0.1, -0.05) is 13.8 Å². The van der Waals surface area contributed by atoms with Crippen molar-refractivity contribution in [3.8, 4) is 11.5 Å².